The zero-order valence-corrected chi connectivity index (χ0v) is 11.9. The predicted octanol–water partition coefficient (Wildman–Crippen LogP) is 4.07. The third-order valence-corrected chi connectivity index (χ3v) is 4.33. The molecule has 0 fully saturated rings. The molecule has 2 nitrogen and oxygen atoms in total. The second kappa shape index (κ2) is 4.01. The van der Waals surface area contributed by atoms with Crippen LogP contribution in [-0.4, -0.2) is 11.5 Å². The molecular weight excluding hydrogens is 208 g/mol. The van der Waals surface area contributed by atoms with Gasteiger partial charge in [-0.25, -0.2) is 0 Å². The van der Waals surface area contributed by atoms with Crippen molar-refractivity contribution in [3.05, 3.63) is 23.0 Å². The Bertz CT molecular complexity index is 433. The van der Waals surface area contributed by atoms with Gasteiger partial charge in [0.15, 0.2) is 0 Å². The molecule has 1 unspecified atom stereocenters. The lowest BCUT2D eigenvalue weighted by atomic mass is 9.74. The summed E-state index contributed by atoms with van der Waals surface area (Å²) in [5.41, 5.74) is 5.55. The molecule has 0 aromatic carbocycles. The fraction of sp³-hybridized carbons (Fsp3) is 0.667. The van der Waals surface area contributed by atoms with Crippen LogP contribution in [0.4, 0.5) is 5.69 Å². The van der Waals surface area contributed by atoms with Crippen molar-refractivity contribution in [2.45, 2.75) is 53.4 Å². The monoisotopic (exact) mass is 232 g/mol. The minimum Gasteiger partial charge on any atom is -0.383 e. The highest BCUT2D eigenvalue weighted by Crippen LogP contribution is 2.43. The van der Waals surface area contributed by atoms with Gasteiger partial charge in [0.1, 0.15) is 0 Å². The van der Waals surface area contributed by atoms with E-state index in [-0.39, 0.29) is 5.41 Å². The van der Waals surface area contributed by atoms with Crippen LogP contribution >= 0.6 is 0 Å². The smallest absolute Gasteiger partial charge is 0.0671 e. The zero-order valence-electron chi connectivity index (χ0n) is 11.9. The number of hydrogen-bond donors (Lipinski definition) is 1. The summed E-state index contributed by atoms with van der Waals surface area (Å²) in [7, 11) is 0. The van der Waals surface area contributed by atoms with E-state index in [1.165, 1.54) is 22.5 Å². The van der Waals surface area contributed by atoms with Crippen LogP contribution in [0.5, 0.6) is 0 Å². The molecule has 0 bridgehead atoms. The van der Waals surface area contributed by atoms with E-state index in [9.17, 15) is 0 Å². The van der Waals surface area contributed by atoms with Crippen molar-refractivity contribution in [3.63, 3.8) is 0 Å². The molecule has 2 heterocycles. The van der Waals surface area contributed by atoms with Gasteiger partial charge in [0.2, 0.25) is 0 Å². The highest BCUT2D eigenvalue weighted by molar-refractivity contribution is 5.60. The Morgan fingerprint density at radius 2 is 2.06 bits per heavy atom. The molecule has 1 aliphatic heterocycles. The van der Waals surface area contributed by atoms with E-state index in [2.05, 4.69) is 53.1 Å². The van der Waals surface area contributed by atoms with Crippen LogP contribution in [0.25, 0.3) is 0 Å². The highest BCUT2D eigenvalue weighted by atomic mass is 14.9. The molecule has 0 spiro atoms. The molecule has 1 aliphatic rings. The maximum atomic E-state index is 4.72. The fourth-order valence-corrected chi connectivity index (χ4v) is 2.61. The van der Waals surface area contributed by atoms with Gasteiger partial charge < -0.3 is 5.32 Å². The molecule has 1 N–H and O–H groups in total. The molecular formula is C15H24N2. The van der Waals surface area contributed by atoms with Crippen LogP contribution in [0.2, 0.25) is 0 Å². The SMILES string of the molecule is Cc1c(C(C)C)cnc2c1NCC(C)(C)C2C. The van der Waals surface area contributed by atoms with Crippen LogP contribution in [0.1, 0.15) is 63.3 Å². The van der Waals surface area contributed by atoms with Crippen molar-refractivity contribution in [3.8, 4) is 0 Å². The lowest BCUT2D eigenvalue weighted by Crippen LogP contribution is -2.35. The first-order chi connectivity index (χ1) is 7.84. The first-order valence-corrected chi connectivity index (χ1v) is 6.58. The third kappa shape index (κ3) is 1.94. The highest BCUT2D eigenvalue weighted by Gasteiger charge is 2.34. The fourth-order valence-electron chi connectivity index (χ4n) is 2.61. The summed E-state index contributed by atoms with van der Waals surface area (Å²) < 4.78 is 0. The normalized spacial score (nSPS) is 22.2. The summed E-state index contributed by atoms with van der Waals surface area (Å²) in [6, 6.07) is 0. The van der Waals surface area contributed by atoms with Crippen molar-refractivity contribution in [2.24, 2.45) is 5.41 Å². The first-order valence-electron chi connectivity index (χ1n) is 6.58. The summed E-state index contributed by atoms with van der Waals surface area (Å²) >= 11 is 0. The van der Waals surface area contributed by atoms with E-state index in [1.807, 2.05) is 0 Å². The van der Waals surface area contributed by atoms with E-state index in [0.29, 0.717) is 11.8 Å². The number of anilines is 1. The van der Waals surface area contributed by atoms with E-state index >= 15 is 0 Å². The third-order valence-electron chi connectivity index (χ3n) is 4.33. The van der Waals surface area contributed by atoms with Gasteiger partial charge in [-0.3, -0.25) is 4.98 Å². The minimum atomic E-state index is 0.284. The molecule has 1 aromatic rings. The number of nitrogens with zero attached hydrogens (tertiary/aromatic N) is 1. The van der Waals surface area contributed by atoms with Gasteiger partial charge in [-0.2, -0.15) is 0 Å². The zero-order chi connectivity index (χ0) is 12.8. The van der Waals surface area contributed by atoms with Crippen LogP contribution in [0.3, 0.4) is 0 Å². The Labute approximate surface area is 105 Å². The number of pyridine rings is 1. The molecule has 1 aromatic heterocycles. The number of nitrogens with one attached hydrogen (secondary N) is 1. The van der Waals surface area contributed by atoms with Gasteiger partial charge in [-0.05, 0) is 29.4 Å². The number of fused-ring (bicyclic) bond motifs is 1. The topological polar surface area (TPSA) is 24.9 Å². The van der Waals surface area contributed by atoms with Gasteiger partial charge in [0.25, 0.3) is 0 Å². The van der Waals surface area contributed by atoms with E-state index in [4.69, 9.17) is 4.98 Å². The van der Waals surface area contributed by atoms with Gasteiger partial charge in [0, 0.05) is 18.7 Å². The Hall–Kier alpha value is -1.05. The van der Waals surface area contributed by atoms with Crippen molar-refractivity contribution in [2.75, 3.05) is 11.9 Å². The largest absolute Gasteiger partial charge is 0.383 e. The molecule has 0 saturated heterocycles. The average molecular weight is 232 g/mol. The predicted molar refractivity (Wildman–Crippen MR) is 73.7 cm³/mol. The standard InChI is InChI=1S/C15H24N2/c1-9(2)12-7-16-14-11(4)15(5,6)8-17-13(14)10(12)3/h7,9,11,17H,8H2,1-6H3. The molecule has 17 heavy (non-hydrogen) atoms. The molecule has 0 saturated carbocycles. The summed E-state index contributed by atoms with van der Waals surface area (Å²) in [6.45, 7) is 14.6. The maximum absolute atomic E-state index is 4.72. The number of aromatic nitrogens is 1. The molecule has 2 rings (SSSR count). The molecule has 0 radical (unpaired) electrons. The number of hydrogen-bond acceptors (Lipinski definition) is 2. The first kappa shape index (κ1) is 12.4. The summed E-state index contributed by atoms with van der Waals surface area (Å²) in [4.78, 5) is 4.72. The number of rotatable bonds is 1. The van der Waals surface area contributed by atoms with Gasteiger partial charge >= 0.3 is 0 Å². The van der Waals surface area contributed by atoms with E-state index in [0.717, 1.165) is 6.54 Å². The summed E-state index contributed by atoms with van der Waals surface area (Å²) in [6.07, 6.45) is 2.07. The van der Waals surface area contributed by atoms with Gasteiger partial charge in [0.05, 0.1) is 11.4 Å². The van der Waals surface area contributed by atoms with E-state index in [1.54, 1.807) is 0 Å². The van der Waals surface area contributed by atoms with E-state index < -0.39 is 0 Å². The Balaban J connectivity index is 2.53. The minimum absolute atomic E-state index is 0.284. The van der Waals surface area contributed by atoms with Crippen molar-refractivity contribution < 1.29 is 0 Å². The van der Waals surface area contributed by atoms with Gasteiger partial charge in [-0.1, -0.05) is 34.6 Å². The lowest BCUT2D eigenvalue weighted by Gasteiger charge is -2.39. The van der Waals surface area contributed by atoms with Crippen LogP contribution in [0.15, 0.2) is 6.20 Å². The quantitative estimate of drug-likeness (QED) is 0.789. The van der Waals surface area contributed by atoms with Crippen LogP contribution in [0, 0.1) is 12.3 Å². The Morgan fingerprint density at radius 1 is 1.41 bits per heavy atom. The van der Waals surface area contributed by atoms with Crippen molar-refractivity contribution in [1.29, 1.82) is 0 Å². The molecule has 0 aliphatic carbocycles. The summed E-state index contributed by atoms with van der Waals surface area (Å²) in [5, 5.41) is 3.58. The lowest BCUT2D eigenvalue weighted by molar-refractivity contribution is 0.307. The van der Waals surface area contributed by atoms with Gasteiger partial charge in [-0.15, -0.1) is 0 Å². The second-order valence-corrected chi connectivity index (χ2v) is 6.32. The second-order valence-electron chi connectivity index (χ2n) is 6.32. The van der Waals surface area contributed by atoms with Crippen LogP contribution in [-0.2, 0) is 0 Å². The average Bonchev–Trinajstić information content (AvgIpc) is 2.24. The Morgan fingerprint density at radius 3 is 2.65 bits per heavy atom. The molecule has 2 heteroatoms. The molecule has 0 amide bonds. The van der Waals surface area contributed by atoms with Crippen molar-refractivity contribution >= 4 is 5.69 Å². The van der Waals surface area contributed by atoms with Crippen LogP contribution < -0.4 is 5.32 Å². The summed E-state index contributed by atoms with van der Waals surface area (Å²) in [5.74, 6) is 1.05. The Kier molecular flexibility index (Phi) is 2.92. The maximum Gasteiger partial charge on any atom is 0.0671 e. The molecule has 94 valence electrons. The van der Waals surface area contributed by atoms with Crippen molar-refractivity contribution in [1.82, 2.24) is 4.98 Å². The molecule has 1 atom stereocenters.